The SMILES string of the molecule is COc1ccc(CN(C)S(=O)(=O)c2ccc(N3CCCC3=O)cc2)cc1OC. The van der Waals surface area contributed by atoms with E-state index in [0.717, 1.165) is 17.7 Å². The zero-order chi connectivity index (χ0) is 20.3. The Hall–Kier alpha value is -2.58. The Balaban J connectivity index is 1.77. The molecule has 0 N–H and O–H groups in total. The van der Waals surface area contributed by atoms with Gasteiger partial charge in [-0.2, -0.15) is 4.31 Å². The monoisotopic (exact) mass is 404 g/mol. The summed E-state index contributed by atoms with van der Waals surface area (Å²) in [5.41, 5.74) is 1.51. The average Bonchev–Trinajstić information content (AvgIpc) is 3.13. The number of methoxy groups -OCH3 is 2. The fourth-order valence-corrected chi connectivity index (χ4v) is 4.38. The maximum absolute atomic E-state index is 12.9. The van der Waals surface area contributed by atoms with E-state index in [1.165, 1.54) is 18.5 Å². The number of anilines is 1. The molecule has 1 heterocycles. The highest BCUT2D eigenvalue weighted by Crippen LogP contribution is 2.29. The molecule has 0 atom stereocenters. The van der Waals surface area contributed by atoms with Crippen molar-refractivity contribution in [3.05, 3.63) is 48.0 Å². The highest BCUT2D eigenvalue weighted by atomic mass is 32.2. The molecule has 0 saturated carbocycles. The van der Waals surface area contributed by atoms with Crippen LogP contribution in [0.15, 0.2) is 47.4 Å². The standard InChI is InChI=1S/C20H24N2O5S/c1-21(14-15-6-11-18(26-2)19(13-15)27-3)28(24,25)17-9-7-16(8-10-17)22-12-4-5-20(22)23/h6-11,13H,4-5,12,14H2,1-3H3. The molecule has 1 saturated heterocycles. The molecule has 2 aromatic carbocycles. The number of rotatable bonds is 7. The van der Waals surface area contributed by atoms with Gasteiger partial charge in [0, 0.05) is 32.2 Å². The van der Waals surface area contributed by atoms with Crippen LogP contribution in [0.3, 0.4) is 0 Å². The zero-order valence-corrected chi connectivity index (χ0v) is 17.0. The molecule has 1 amide bonds. The van der Waals surface area contributed by atoms with Gasteiger partial charge < -0.3 is 14.4 Å². The first-order valence-corrected chi connectivity index (χ1v) is 10.4. The summed E-state index contributed by atoms with van der Waals surface area (Å²) < 4.78 is 37.6. The molecule has 1 aliphatic rings. The summed E-state index contributed by atoms with van der Waals surface area (Å²) in [6, 6.07) is 11.8. The van der Waals surface area contributed by atoms with E-state index in [-0.39, 0.29) is 17.3 Å². The van der Waals surface area contributed by atoms with Crippen LogP contribution in [0.2, 0.25) is 0 Å². The molecule has 0 bridgehead atoms. The van der Waals surface area contributed by atoms with Gasteiger partial charge in [-0.25, -0.2) is 8.42 Å². The molecule has 1 aliphatic heterocycles. The molecule has 8 heteroatoms. The van der Waals surface area contributed by atoms with Crippen molar-refractivity contribution in [3.63, 3.8) is 0 Å². The number of amides is 1. The van der Waals surface area contributed by atoms with Crippen LogP contribution in [0, 0.1) is 0 Å². The Morgan fingerprint density at radius 2 is 1.71 bits per heavy atom. The third-order valence-electron chi connectivity index (χ3n) is 4.78. The number of ether oxygens (including phenoxy) is 2. The smallest absolute Gasteiger partial charge is 0.243 e. The van der Waals surface area contributed by atoms with Crippen molar-refractivity contribution in [3.8, 4) is 11.5 Å². The number of sulfonamides is 1. The largest absolute Gasteiger partial charge is 0.493 e. The molecule has 1 fully saturated rings. The second-order valence-electron chi connectivity index (χ2n) is 6.59. The normalized spacial score (nSPS) is 14.6. The minimum absolute atomic E-state index is 0.0705. The van der Waals surface area contributed by atoms with Crippen molar-refractivity contribution >= 4 is 21.6 Å². The third-order valence-corrected chi connectivity index (χ3v) is 6.60. The maximum Gasteiger partial charge on any atom is 0.243 e. The van der Waals surface area contributed by atoms with Gasteiger partial charge >= 0.3 is 0 Å². The number of hydrogen-bond donors (Lipinski definition) is 0. The molecule has 0 aliphatic carbocycles. The second-order valence-corrected chi connectivity index (χ2v) is 8.64. The van der Waals surface area contributed by atoms with Crippen LogP contribution in [0.1, 0.15) is 18.4 Å². The number of carbonyl (C=O) groups is 1. The molecule has 0 unspecified atom stereocenters. The van der Waals surface area contributed by atoms with Gasteiger partial charge in [0.1, 0.15) is 0 Å². The van der Waals surface area contributed by atoms with Gasteiger partial charge in [0.2, 0.25) is 15.9 Å². The van der Waals surface area contributed by atoms with Crippen LogP contribution in [-0.2, 0) is 21.4 Å². The summed E-state index contributed by atoms with van der Waals surface area (Å²) in [7, 11) is 0.949. The minimum atomic E-state index is -3.67. The van der Waals surface area contributed by atoms with Crippen molar-refractivity contribution in [1.29, 1.82) is 0 Å². The summed E-state index contributed by atoms with van der Waals surface area (Å²) >= 11 is 0. The van der Waals surface area contributed by atoms with Crippen molar-refractivity contribution in [2.75, 3.05) is 32.7 Å². The van der Waals surface area contributed by atoms with Gasteiger partial charge in [-0.1, -0.05) is 6.07 Å². The lowest BCUT2D eigenvalue weighted by Crippen LogP contribution is -2.27. The van der Waals surface area contributed by atoms with Crippen LogP contribution in [0.25, 0.3) is 0 Å². The fourth-order valence-electron chi connectivity index (χ4n) is 3.22. The van der Waals surface area contributed by atoms with Crippen molar-refractivity contribution < 1.29 is 22.7 Å². The summed E-state index contributed by atoms with van der Waals surface area (Å²) in [6.07, 6.45) is 1.36. The van der Waals surface area contributed by atoms with Gasteiger partial charge in [-0.05, 0) is 48.4 Å². The van der Waals surface area contributed by atoms with E-state index in [0.29, 0.717) is 24.5 Å². The Morgan fingerprint density at radius 1 is 1.04 bits per heavy atom. The first-order valence-electron chi connectivity index (χ1n) is 8.94. The highest BCUT2D eigenvalue weighted by molar-refractivity contribution is 7.89. The molecule has 2 aromatic rings. The predicted molar refractivity (Wildman–Crippen MR) is 106 cm³/mol. The molecule has 28 heavy (non-hydrogen) atoms. The topological polar surface area (TPSA) is 76.2 Å². The Kier molecular flexibility index (Phi) is 5.90. The Bertz CT molecular complexity index is 957. The van der Waals surface area contributed by atoms with Gasteiger partial charge in [0.25, 0.3) is 0 Å². The third kappa shape index (κ3) is 3.98. The minimum Gasteiger partial charge on any atom is -0.493 e. The summed E-state index contributed by atoms with van der Waals surface area (Å²) in [4.78, 5) is 13.7. The fraction of sp³-hybridized carbons (Fsp3) is 0.350. The van der Waals surface area contributed by atoms with Crippen molar-refractivity contribution in [2.45, 2.75) is 24.3 Å². The lowest BCUT2D eigenvalue weighted by atomic mass is 10.2. The summed E-state index contributed by atoms with van der Waals surface area (Å²) in [5, 5.41) is 0. The number of carbonyl (C=O) groups excluding carboxylic acids is 1. The zero-order valence-electron chi connectivity index (χ0n) is 16.2. The number of nitrogens with zero attached hydrogens (tertiary/aromatic N) is 2. The lowest BCUT2D eigenvalue weighted by molar-refractivity contribution is -0.117. The average molecular weight is 404 g/mol. The van der Waals surface area contributed by atoms with Gasteiger partial charge in [0.05, 0.1) is 19.1 Å². The van der Waals surface area contributed by atoms with Gasteiger partial charge in [0.15, 0.2) is 11.5 Å². The van der Waals surface area contributed by atoms with Crippen molar-refractivity contribution in [1.82, 2.24) is 4.31 Å². The van der Waals surface area contributed by atoms with E-state index in [1.807, 2.05) is 0 Å². The Morgan fingerprint density at radius 3 is 2.29 bits per heavy atom. The molecule has 0 radical (unpaired) electrons. The van der Waals surface area contributed by atoms with Crippen LogP contribution in [-0.4, -0.2) is 46.4 Å². The van der Waals surface area contributed by atoms with Crippen LogP contribution in [0.5, 0.6) is 11.5 Å². The predicted octanol–water partition coefficient (Wildman–Crippen LogP) is 2.65. The molecule has 7 nitrogen and oxygen atoms in total. The number of hydrogen-bond acceptors (Lipinski definition) is 5. The molecular formula is C20H24N2O5S. The van der Waals surface area contributed by atoms with E-state index in [1.54, 1.807) is 54.5 Å². The van der Waals surface area contributed by atoms with E-state index in [4.69, 9.17) is 9.47 Å². The lowest BCUT2D eigenvalue weighted by Gasteiger charge is -2.20. The van der Waals surface area contributed by atoms with Crippen LogP contribution in [0.4, 0.5) is 5.69 Å². The Labute approximate surface area is 165 Å². The van der Waals surface area contributed by atoms with Crippen LogP contribution >= 0.6 is 0 Å². The van der Waals surface area contributed by atoms with Crippen LogP contribution < -0.4 is 14.4 Å². The van der Waals surface area contributed by atoms with E-state index < -0.39 is 10.0 Å². The molecule has 3 rings (SSSR count). The molecule has 150 valence electrons. The van der Waals surface area contributed by atoms with E-state index in [9.17, 15) is 13.2 Å². The maximum atomic E-state index is 12.9. The first-order chi connectivity index (χ1) is 13.4. The molecular weight excluding hydrogens is 380 g/mol. The van der Waals surface area contributed by atoms with Gasteiger partial charge in [-0.15, -0.1) is 0 Å². The first kappa shape index (κ1) is 20.2. The summed E-state index contributed by atoms with van der Waals surface area (Å²) in [6.45, 7) is 0.860. The second kappa shape index (κ2) is 8.20. The van der Waals surface area contributed by atoms with E-state index >= 15 is 0 Å². The molecule has 0 aromatic heterocycles. The van der Waals surface area contributed by atoms with Gasteiger partial charge in [-0.3, -0.25) is 4.79 Å². The van der Waals surface area contributed by atoms with Crippen molar-refractivity contribution in [2.24, 2.45) is 0 Å². The summed E-state index contributed by atoms with van der Waals surface area (Å²) in [5.74, 6) is 1.20. The highest BCUT2D eigenvalue weighted by Gasteiger charge is 2.24. The van der Waals surface area contributed by atoms with E-state index in [2.05, 4.69) is 0 Å². The quantitative estimate of drug-likeness (QED) is 0.709. The molecule has 0 spiro atoms. The number of benzene rings is 2.